The summed E-state index contributed by atoms with van der Waals surface area (Å²) < 4.78 is 13.4. The molecule has 0 saturated heterocycles. The van der Waals surface area contributed by atoms with Crippen LogP contribution < -0.4 is 11.1 Å². The van der Waals surface area contributed by atoms with Gasteiger partial charge in [-0.1, -0.05) is 11.6 Å². The number of nitrogens with two attached hydrogens (primary N) is 1. The molecule has 20 heavy (non-hydrogen) atoms. The smallest absolute Gasteiger partial charge is 0.329 e. The Morgan fingerprint density at radius 1 is 1.50 bits per heavy atom. The van der Waals surface area contributed by atoms with E-state index in [0.717, 1.165) is 18.3 Å². The number of benzene rings is 1. The number of nitrogens with zero attached hydrogens (tertiary/aromatic N) is 3. The average molecular weight is 363 g/mol. The van der Waals surface area contributed by atoms with Crippen LogP contribution in [0, 0.1) is 15.9 Å². The molecule has 2 rings (SSSR count). The Morgan fingerprint density at radius 2 is 2.20 bits per heavy atom. The zero-order valence-corrected chi connectivity index (χ0v) is 11.9. The van der Waals surface area contributed by atoms with Crippen molar-refractivity contribution in [2.75, 3.05) is 11.1 Å². The van der Waals surface area contributed by atoms with Gasteiger partial charge in [0.15, 0.2) is 0 Å². The van der Waals surface area contributed by atoms with E-state index in [0.29, 0.717) is 0 Å². The molecule has 2 aromatic rings. The second kappa shape index (κ2) is 5.55. The van der Waals surface area contributed by atoms with Gasteiger partial charge in [-0.3, -0.25) is 10.1 Å². The maximum Gasteiger partial charge on any atom is 0.329 e. The summed E-state index contributed by atoms with van der Waals surface area (Å²) in [5, 5.41) is 13.6. The number of nitrogen functional groups attached to an aromatic ring is 1. The van der Waals surface area contributed by atoms with Crippen molar-refractivity contribution >= 4 is 50.7 Å². The van der Waals surface area contributed by atoms with Crippen molar-refractivity contribution in [3.05, 3.63) is 43.8 Å². The maximum atomic E-state index is 13.1. The average Bonchev–Trinajstić information content (AvgIpc) is 2.33. The SMILES string of the molecule is Nc1ncc([N+](=O)[O-])c(Nc2c(Cl)cc(F)cc2Br)n1. The van der Waals surface area contributed by atoms with Crippen molar-refractivity contribution < 1.29 is 9.31 Å². The zero-order valence-electron chi connectivity index (χ0n) is 9.60. The van der Waals surface area contributed by atoms with Gasteiger partial charge in [-0.05, 0) is 28.1 Å². The molecule has 104 valence electrons. The van der Waals surface area contributed by atoms with E-state index in [4.69, 9.17) is 17.3 Å². The van der Waals surface area contributed by atoms with E-state index in [-0.39, 0.29) is 32.6 Å². The molecule has 1 aromatic heterocycles. The molecule has 0 aliphatic carbocycles. The summed E-state index contributed by atoms with van der Waals surface area (Å²) in [4.78, 5) is 17.5. The molecule has 1 aromatic carbocycles. The fourth-order valence-corrected chi connectivity index (χ4v) is 2.29. The molecule has 0 fully saturated rings. The van der Waals surface area contributed by atoms with Crippen LogP contribution in [0.25, 0.3) is 0 Å². The van der Waals surface area contributed by atoms with Gasteiger partial charge in [-0.15, -0.1) is 0 Å². The molecule has 0 amide bonds. The number of aromatic nitrogens is 2. The quantitative estimate of drug-likeness (QED) is 0.641. The Balaban J connectivity index is 2.50. The Kier molecular flexibility index (Phi) is 4.00. The number of hydrogen-bond donors (Lipinski definition) is 2. The molecule has 1 heterocycles. The lowest BCUT2D eigenvalue weighted by atomic mass is 10.3. The summed E-state index contributed by atoms with van der Waals surface area (Å²) in [7, 11) is 0. The summed E-state index contributed by atoms with van der Waals surface area (Å²) >= 11 is 8.98. The molecule has 0 aliphatic rings. The van der Waals surface area contributed by atoms with Gasteiger partial charge in [0.2, 0.25) is 11.8 Å². The molecule has 0 saturated carbocycles. The van der Waals surface area contributed by atoms with Crippen LogP contribution in [-0.2, 0) is 0 Å². The molecule has 10 heteroatoms. The molecule has 3 N–H and O–H groups in total. The van der Waals surface area contributed by atoms with Crippen LogP contribution in [0.5, 0.6) is 0 Å². The van der Waals surface area contributed by atoms with Crippen LogP contribution in [-0.4, -0.2) is 14.9 Å². The third-order valence-corrected chi connectivity index (χ3v) is 3.16. The van der Waals surface area contributed by atoms with E-state index in [2.05, 4.69) is 31.2 Å². The van der Waals surface area contributed by atoms with E-state index in [1.54, 1.807) is 0 Å². The molecular weight excluding hydrogens is 356 g/mol. The highest BCUT2D eigenvalue weighted by molar-refractivity contribution is 9.10. The van der Waals surface area contributed by atoms with Gasteiger partial charge in [0, 0.05) is 4.47 Å². The van der Waals surface area contributed by atoms with Gasteiger partial charge in [-0.25, -0.2) is 9.37 Å². The normalized spacial score (nSPS) is 10.3. The fourth-order valence-electron chi connectivity index (χ4n) is 1.39. The molecule has 7 nitrogen and oxygen atoms in total. The lowest BCUT2D eigenvalue weighted by Crippen LogP contribution is -2.04. The summed E-state index contributed by atoms with van der Waals surface area (Å²) in [6, 6.07) is 2.22. The first-order chi connectivity index (χ1) is 9.38. The van der Waals surface area contributed by atoms with Gasteiger partial charge in [0.25, 0.3) is 0 Å². The first-order valence-electron chi connectivity index (χ1n) is 5.07. The van der Waals surface area contributed by atoms with Gasteiger partial charge >= 0.3 is 5.69 Å². The van der Waals surface area contributed by atoms with Gasteiger partial charge in [0.1, 0.15) is 12.0 Å². The van der Waals surface area contributed by atoms with Crippen molar-refractivity contribution in [3.8, 4) is 0 Å². The number of anilines is 3. The molecule has 0 radical (unpaired) electrons. The van der Waals surface area contributed by atoms with Gasteiger partial charge in [-0.2, -0.15) is 4.98 Å². The van der Waals surface area contributed by atoms with Gasteiger partial charge in [0.05, 0.1) is 15.6 Å². The van der Waals surface area contributed by atoms with Crippen LogP contribution >= 0.6 is 27.5 Å². The highest BCUT2D eigenvalue weighted by Crippen LogP contribution is 2.35. The monoisotopic (exact) mass is 361 g/mol. The van der Waals surface area contributed by atoms with Crippen LogP contribution in [0.4, 0.5) is 27.5 Å². The minimum Gasteiger partial charge on any atom is -0.368 e. The molecule has 0 spiro atoms. The largest absolute Gasteiger partial charge is 0.368 e. The van der Waals surface area contributed by atoms with E-state index in [9.17, 15) is 14.5 Å². The molecule has 0 atom stereocenters. The number of nitro groups is 1. The molecule has 0 aliphatic heterocycles. The van der Waals surface area contributed by atoms with Crippen molar-refractivity contribution in [2.45, 2.75) is 0 Å². The minimum absolute atomic E-state index is 0.0309. The third kappa shape index (κ3) is 2.94. The number of nitrogens with one attached hydrogen (secondary N) is 1. The predicted octanol–water partition coefficient (Wildman–Crippen LogP) is 3.27. The minimum atomic E-state index is -0.674. The first kappa shape index (κ1) is 14.4. The van der Waals surface area contributed by atoms with Crippen molar-refractivity contribution in [3.63, 3.8) is 0 Å². The Hall–Kier alpha value is -2.00. The van der Waals surface area contributed by atoms with Crippen molar-refractivity contribution in [2.24, 2.45) is 0 Å². The summed E-state index contributed by atoms with van der Waals surface area (Å²) in [6.07, 6.45) is 0.968. The van der Waals surface area contributed by atoms with E-state index in [1.807, 2.05) is 0 Å². The molecule has 0 bridgehead atoms. The van der Waals surface area contributed by atoms with Crippen LogP contribution in [0.2, 0.25) is 5.02 Å². The zero-order chi connectivity index (χ0) is 14.9. The van der Waals surface area contributed by atoms with Crippen molar-refractivity contribution in [1.29, 1.82) is 0 Å². The summed E-state index contributed by atoms with van der Waals surface area (Å²) in [5.41, 5.74) is 5.24. The van der Waals surface area contributed by atoms with E-state index in [1.165, 1.54) is 0 Å². The van der Waals surface area contributed by atoms with E-state index < -0.39 is 10.7 Å². The maximum absolute atomic E-state index is 13.1. The lowest BCUT2D eigenvalue weighted by Gasteiger charge is -2.10. The lowest BCUT2D eigenvalue weighted by molar-refractivity contribution is -0.384. The van der Waals surface area contributed by atoms with Gasteiger partial charge < -0.3 is 11.1 Å². The van der Waals surface area contributed by atoms with E-state index >= 15 is 0 Å². The summed E-state index contributed by atoms with van der Waals surface area (Å²) in [6.45, 7) is 0. The topological polar surface area (TPSA) is 107 Å². The van der Waals surface area contributed by atoms with Crippen LogP contribution in [0.15, 0.2) is 22.8 Å². The number of hydrogen-bond acceptors (Lipinski definition) is 6. The number of halogens is 3. The number of rotatable bonds is 3. The second-order valence-corrected chi connectivity index (χ2v) is 4.85. The standard InChI is InChI=1S/C10H6BrClFN5O2/c11-5-1-4(13)2-6(12)8(5)16-9-7(18(19)20)3-15-10(14)17-9/h1-3H,(H3,14,15,16,17). The molecule has 0 unspecified atom stereocenters. The predicted molar refractivity (Wildman–Crippen MR) is 75.5 cm³/mol. The van der Waals surface area contributed by atoms with Crippen molar-refractivity contribution in [1.82, 2.24) is 9.97 Å². The first-order valence-corrected chi connectivity index (χ1v) is 6.24. The highest BCUT2D eigenvalue weighted by atomic mass is 79.9. The van der Waals surface area contributed by atoms with Crippen LogP contribution in [0.1, 0.15) is 0 Å². The van der Waals surface area contributed by atoms with Crippen LogP contribution in [0.3, 0.4) is 0 Å². The fraction of sp³-hybridized carbons (Fsp3) is 0. The Labute approximate surface area is 125 Å². The highest BCUT2D eigenvalue weighted by Gasteiger charge is 2.19. The summed E-state index contributed by atoms with van der Waals surface area (Å²) in [5.74, 6) is -0.840. The third-order valence-electron chi connectivity index (χ3n) is 2.24. The Morgan fingerprint density at radius 3 is 2.80 bits per heavy atom. The second-order valence-electron chi connectivity index (χ2n) is 3.59. The Bertz CT molecular complexity index is 676. The molecular formula is C10H6BrClFN5O2.